The van der Waals surface area contributed by atoms with Crippen molar-refractivity contribution in [2.24, 2.45) is 0 Å². The van der Waals surface area contributed by atoms with Gasteiger partial charge < -0.3 is 0 Å². The topological polar surface area (TPSA) is 28.7 Å². The van der Waals surface area contributed by atoms with Crippen LogP contribution in [0.4, 0.5) is 13.2 Å². The van der Waals surface area contributed by atoms with Gasteiger partial charge in [0.15, 0.2) is 0 Å². The summed E-state index contributed by atoms with van der Waals surface area (Å²) in [5.41, 5.74) is 1.94. The average molecular weight is 288 g/mol. The quantitative estimate of drug-likeness (QED) is 0.723. The van der Waals surface area contributed by atoms with Gasteiger partial charge in [-0.3, -0.25) is 5.10 Å². The number of halogens is 3. The zero-order valence-corrected chi connectivity index (χ0v) is 10.9. The van der Waals surface area contributed by atoms with E-state index in [1.54, 1.807) is 12.1 Å². The lowest BCUT2D eigenvalue weighted by Crippen LogP contribution is -2.04. The maximum absolute atomic E-state index is 12.7. The highest BCUT2D eigenvalue weighted by atomic mass is 19.4. The highest BCUT2D eigenvalue weighted by molar-refractivity contribution is 5.68. The minimum absolute atomic E-state index is 0.434. The lowest BCUT2D eigenvalue weighted by molar-refractivity contribution is -0.137. The Bertz CT molecular complexity index is 745. The molecule has 5 heteroatoms. The van der Waals surface area contributed by atoms with Crippen LogP contribution in [-0.4, -0.2) is 10.2 Å². The maximum atomic E-state index is 12.7. The van der Waals surface area contributed by atoms with E-state index in [9.17, 15) is 13.2 Å². The molecule has 0 aliphatic carbocycles. The van der Waals surface area contributed by atoms with Crippen LogP contribution in [0.5, 0.6) is 0 Å². The Morgan fingerprint density at radius 1 is 0.810 bits per heavy atom. The summed E-state index contributed by atoms with van der Waals surface area (Å²) in [5, 5.41) is 6.94. The van der Waals surface area contributed by atoms with Gasteiger partial charge in [-0.05, 0) is 23.8 Å². The van der Waals surface area contributed by atoms with Crippen LogP contribution in [0.3, 0.4) is 0 Å². The molecule has 2 nitrogen and oxygen atoms in total. The Morgan fingerprint density at radius 2 is 1.52 bits per heavy atom. The Hall–Kier alpha value is -2.56. The van der Waals surface area contributed by atoms with Gasteiger partial charge in [0.2, 0.25) is 0 Å². The summed E-state index contributed by atoms with van der Waals surface area (Å²) in [5.74, 6) is 0. The zero-order chi connectivity index (χ0) is 14.9. The number of aromatic amines is 1. The summed E-state index contributed by atoms with van der Waals surface area (Å²) in [4.78, 5) is 0. The van der Waals surface area contributed by atoms with Crippen LogP contribution >= 0.6 is 0 Å². The largest absolute Gasteiger partial charge is 0.416 e. The minimum Gasteiger partial charge on any atom is -0.277 e. The van der Waals surface area contributed by atoms with Gasteiger partial charge in [-0.1, -0.05) is 42.5 Å². The number of hydrogen-bond acceptors (Lipinski definition) is 1. The molecule has 1 N–H and O–H groups in total. The monoisotopic (exact) mass is 288 g/mol. The molecule has 1 heterocycles. The van der Waals surface area contributed by atoms with Crippen LogP contribution in [0.25, 0.3) is 22.5 Å². The fourth-order valence-electron chi connectivity index (χ4n) is 2.09. The van der Waals surface area contributed by atoms with Gasteiger partial charge in [0.05, 0.1) is 17.0 Å². The maximum Gasteiger partial charge on any atom is 0.416 e. The molecule has 2 aromatic carbocycles. The molecule has 0 radical (unpaired) electrons. The smallest absolute Gasteiger partial charge is 0.277 e. The van der Waals surface area contributed by atoms with Crippen LogP contribution in [0.1, 0.15) is 5.56 Å². The van der Waals surface area contributed by atoms with E-state index in [-0.39, 0.29) is 0 Å². The van der Waals surface area contributed by atoms with Gasteiger partial charge in [0.1, 0.15) is 0 Å². The molecule has 0 saturated heterocycles. The molecule has 3 rings (SSSR count). The molecular weight excluding hydrogens is 277 g/mol. The fraction of sp³-hybridized carbons (Fsp3) is 0.0625. The summed E-state index contributed by atoms with van der Waals surface area (Å²) in [6, 6.07) is 16.4. The van der Waals surface area contributed by atoms with Crippen molar-refractivity contribution < 1.29 is 13.2 Å². The highest BCUT2D eigenvalue weighted by Crippen LogP contribution is 2.32. The average Bonchev–Trinajstić information content (AvgIpc) is 2.97. The number of nitrogens with one attached hydrogen (secondary N) is 1. The SMILES string of the molecule is FC(F)(F)c1cccc(-c2cc(-c3ccccc3)[nH]n2)c1. The van der Waals surface area contributed by atoms with Crippen LogP contribution in [-0.2, 0) is 6.18 Å². The summed E-state index contributed by atoms with van der Waals surface area (Å²) in [6.07, 6.45) is -4.35. The van der Waals surface area contributed by atoms with Gasteiger partial charge in [0, 0.05) is 5.56 Å². The predicted molar refractivity (Wildman–Crippen MR) is 74.5 cm³/mol. The van der Waals surface area contributed by atoms with E-state index in [0.29, 0.717) is 11.3 Å². The molecule has 3 aromatic rings. The molecule has 0 atom stereocenters. The van der Waals surface area contributed by atoms with Crippen molar-refractivity contribution in [3.8, 4) is 22.5 Å². The summed E-state index contributed by atoms with van der Waals surface area (Å²) in [6.45, 7) is 0. The molecular formula is C16H11F3N2. The number of H-pyrrole nitrogens is 1. The van der Waals surface area contributed by atoms with Crippen LogP contribution in [0.2, 0.25) is 0 Å². The van der Waals surface area contributed by atoms with Crippen molar-refractivity contribution in [3.63, 3.8) is 0 Å². The summed E-state index contributed by atoms with van der Waals surface area (Å²) >= 11 is 0. The van der Waals surface area contributed by atoms with Gasteiger partial charge in [-0.2, -0.15) is 18.3 Å². The van der Waals surface area contributed by atoms with Crippen LogP contribution < -0.4 is 0 Å². The molecule has 0 aliphatic rings. The standard InChI is InChI=1S/C16H11F3N2/c17-16(18,19)13-8-4-7-12(9-13)15-10-14(20-21-15)11-5-2-1-3-6-11/h1-10H,(H,20,21). The first-order valence-corrected chi connectivity index (χ1v) is 6.32. The molecule has 106 valence electrons. The number of hydrogen-bond donors (Lipinski definition) is 1. The molecule has 0 amide bonds. The number of nitrogens with zero attached hydrogens (tertiary/aromatic N) is 1. The number of rotatable bonds is 2. The second kappa shape index (κ2) is 5.09. The molecule has 0 fully saturated rings. The van der Waals surface area contributed by atoms with E-state index in [0.717, 1.165) is 23.4 Å². The van der Waals surface area contributed by atoms with E-state index in [1.165, 1.54) is 6.07 Å². The lowest BCUT2D eigenvalue weighted by Gasteiger charge is -2.07. The third-order valence-corrected chi connectivity index (χ3v) is 3.15. The lowest BCUT2D eigenvalue weighted by atomic mass is 10.1. The molecule has 0 bridgehead atoms. The van der Waals surface area contributed by atoms with E-state index in [4.69, 9.17) is 0 Å². The predicted octanol–water partition coefficient (Wildman–Crippen LogP) is 4.76. The first-order chi connectivity index (χ1) is 10.0. The molecule has 1 aromatic heterocycles. The van der Waals surface area contributed by atoms with Crippen molar-refractivity contribution in [2.75, 3.05) is 0 Å². The molecule has 0 saturated carbocycles. The van der Waals surface area contributed by atoms with Gasteiger partial charge >= 0.3 is 6.18 Å². The van der Waals surface area contributed by atoms with Crippen molar-refractivity contribution in [1.82, 2.24) is 10.2 Å². The zero-order valence-electron chi connectivity index (χ0n) is 10.9. The summed E-state index contributed by atoms with van der Waals surface area (Å²) in [7, 11) is 0. The Kier molecular flexibility index (Phi) is 3.25. The Balaban J connectivity index is 1.97. The second-order valence-corrected chi connectivity index (χ2v) is 4.61. The van der Waals surface area contributed by atoms with E-state index < -0.39 is 11.7 Å². The highest BCUT2D eigenvalue weighted by Gasteiger charge is 2.30. The minimum atomic E-state index is -4.35. The van der Waals surface area contributed by atoms with Gasteiger partial charge in [-0.15, -0.1) is 0 Å². The normalized spacial score (nSPS) is 11.6. The number of benzene rings is 2. The third-order valence-electron chi connectivity index (χ3n) is 3.15. The van der Waals surface area contributed by atoms with Crippen molar-refractivity contribution in [3.05, 3.63) is 66.2 Å². The van der Waals surface area contributed by atoms with Gasteiger partial charge in [-0.25, -0.2) is 0 Å². The Morgan fingerprint density at radius 3 is 2.24 bits per heavy atom. The molecule has 0 spiro atoms. The van der Waals surface area contributed by atoms with Crippen molar-refractivity contribution in [2.45, 2.75) is 6.18 Å². The molecule has 21 heavy (non-hydrogen) atoms. The molecule has 0 aliphatic heterocycles. The first-order valence-electron chi connectivity index (χ1n) is 6.32. The van der Waals surface area contributed by atoms with Crippen LogP contribution in [0.15, 0.2) is 60.7 Å². The number of alkyl halides is 3. The number of aromatic nitrogens is 2. The summed E-state index contributed by atoms with van der Waals surface area (Å²) < 4.78 is 38.2. The van der Waals surface area contributed by atoms with Crippen LogP contribution in [0, 0.1) is 0 Å². The van der Waals surface area contributed by atoms with E-state index >= 15 is 0 Å². The van der Waals surface area contributed by atoms with E-state index in [1.807, 2.05) is 30.3 Å². The second-order valence-electron chi connectivity index (χ2n) is 4.61. The third kappa shape index (κ3) is 2.81. The van der Waals surface area contributed by atoms with Gasteiger partial charge in [0.25, 0.3) is 0 Å². The van der Waals surface area contributed by atoms with E-state index in [2.05, 4.69) is 10.2 Å². The fourth-order valence-corrected chi connectivity index (χ4v) is 2.09. The molecule has 0 unspecified atom stereocenters. The van der Waals surface area contributed by atoms with Crippen molar-refractivity contribution in [1.29, 1.82) is 0 Å². The van der Waals surface area contributed by atoms with Crippen molar-refractivity contribution >= 4 is 0 Å². The Labute approximate surface area is 119 Å². The first kappa shape index (κ1) is 13.4.